The molecule has 3 aromatic carbocycles. The average molecular weight is 559 g/mol. The summed E-state index contributed by atoms with van der Waals surface area (Å²) in [5.74, 6) is -0.151. The van der Waals surface area contributed by atoms with Gasteiger partial charge in [0.15, 0.2) is 0 Å². The lowest BCUT2D eigenvalue weighted by atomic mass is 9.99. The van der Waals surface area contributed by atoms with Crippen molar-refractivity contribution in [3.63, 3.8) is 0 Å². The number of benzene rings is 3. The molecule has 0 saturated carbocycles. The van der Waals surface area contributed by atoms with Crippen molar-refractivity contribution >= 4 is 29.4 Å². The van der Waals surface area contributed by atoms with Gasteiger partial charge in [-0.1, -0.05) is 60.2 Å². The smallest absolute Gasteiger partial charge is 0.240 e. The number of fused-ring (bicyclic) bond motifs is 1. The van der Waals surface area contributed by atoms with Crippen LogP contribution in [0.15, 0.2) is 72.8 Å². The van der Waals surface area contributed by atoms with Crippen molar-refractivity contribution in [1.82, 2.24) is 15.1 Å². The maximum Gasteiger partial charge on any atom is 0.240 e. The SMILES string of the molecule is COCCNC(=O)CN1C(=O)CSC(c2ccc(F)cc2)c2c(-c3ccccc3)nn(-c3ccc(C)cc3C)c21. The van der Waals surface area contributed by atoms with Crippen molar-refractivity contribution in [3.05, 3.63) is 101 Å². The minimum absolute atomic E-state index is 0.142. The summed E-state index contributed by atoms with van der Waals surface area (Å²) >= 11 is 1.45. The zero-order chi connectivity index (χ0) is 28.2. The molecular formula is C31H31FN4O3S. The molecule has 9 heteroatoms. The maximum atomic E-state index is 13.9. The number of amides is 2. The van der Waals surface area contributed by atoms with Gasteiger partial charge in [-0.2, -0.15) is 5.10 Å². The second kappa shape index (κ2) is 12.1. The van der Waals surface area contributed by atoms with E-state index in [1.54, 1.807) is 23.9 Å². The van der Waals surface area contributed by atoms with Crippen LogP contribution in [-0.4, -0.2) is 54.2 Å². The number of nitrogens with one attached hydrogen (secondary N) is 1. The Morgan fingerprint density at radius 1 is 1.10 bits per heavy atom. The Bertz CT molecular complexity index is 1520. The third-order valence-corrected chi connectivity index (χ3v) is 8.07. The average Bonchev–Trinajstić information content (AvgIpc) is 3.26. The maximum absolute atomic E-state index is 13.9. The van der Waals surface area contributed by atoms with Crippen LogP contribution in [-0.2, 0) is 14.3 Å². The lowest BCUT2D eigenvalue weighted by molar-refractivity contribution is -0.123. The molecule has 1 atom stereocenters. The van der Waals surface area contributed by atoms with E-state index in [0.717, 1.165) is 33.5 Å². The van der Waals surface area contributed by atoms with E-state index in [4.69, 9.17) is 9.84 Å². The van der Waals surface area contributed by atoms with Gasteiger partial charge in [0.25, 0.3) is 0 Å². The van der Waals surface area contributed by atoms with Crippen molar-refractivity contribution in [2.45, 2.75) is 19.1 Å². The van der Waals surface area contributed by atoms with Crippen LogP contribution in [0.25, 0.3) is 16.9 Å². The standard InChI is InChI=1S/C31H31FN4O3S/c1-20-9-14-25(21(2)17-20)36-31-28(29(34-36)22-7-5-4-6-8-22)30(23-10-12-24(32)13-11-23)40-19-27(38)35(31)18-26(37)33-15-16-39-3/h4-14,17,30H,15-16,18-19H2,1-3H3,(H,33,37). The Labute approximate surface area is 237 Å². The van der Waals surface area contributed by atoms with Gasteiger partial charge in [0.05, 0.1) is 29.0 Å². The van der Waals surface area contributed by atoms with Crippen molar-refractivity contribution in [3.8, 4) is 16.9 Å². The van der Waals surface area contributed by atoms with E-state index in [9.17, 15) is 14.0 Å². The van der Waals surface area contributed by atoms with E-state index in [-0.39, 0.29) is 35.2 Å². The van der Waals surface area contributed by atoms with Crippen LogP contribution in [0.1, 0.15) is 27.5 Å². The molecule has 0 spiro atoms. The van der Waals surface area contributed by atoms with Gasteiger partial charge in [-0.05, 0) is 43.2 Å². The molecule has 2 heterocycles. The van der Waals surface area contributed by atoms with Gasteiger partial charge in [-0.3, -0.25) is 14.5 Å². The van der Waals surface area contributed by atoms with E-state index in [1.807, 2.05) is 56.3 Å². The van der Waals surface area contributed by atoms with Gasteiger partial charge in [0.2, 0.25) is 11.8 Å². The lowest BCUT2D eigenvalue weighted by Crippen LogP contribution is -2.43. The number of aromatic nitrogens is 2. The summed E-state index contributed by atoms with van der Waals surface area (Å²) < 4.78 is 20.8. The minimum atomic E-state index is -0.331. The van der Waals surface area contributed by atoms with E-state index < -0.39 is 0 Å². The van der Waals surface area contributed by atoms with E-state index in [0.29, 0.717) is 24.7 Å². The second-order valence-corrected chi connectivity index (χ2v) is 10.8. The largest absolute Gasteiger partial charge is 0.383 e. The monoisotopic (exact) mass is 558 g/mol. The molecule has 1 unspecified atom stereocenters. The Kier molecular flexibility index (Phi) is 8.32. The summed E-state index contributed by atoms with van der Waals surface area (Å²) in [4.78, 5) is 28.3. The number of halogens is 1. The number of nitrogens with zero attached hydrogens (tertiary/aromatic N) is 3. The molecule has 206 valence electrons. The first-order valence-corrected chi connectivity index (χ1v) is 14.1. The highest BCUT2D eigenvalue weighted by molar-refractivity contribution is 8.00. The molecule has 1 N–H and O–H groups in total. The number of anilines is 1. The van der Waals surface area contributed by atoms with Crippen LogP contribution in [0, 0.1) is 19.7 Å². The molecular weight excluding hydrogens is 527 g/mol. The normalized spacial score (nSPS) is 15.1. The third-order valence-electron chi connectivity index (χ3n) is 6.82. The summed E-state index contributed by atoms with van der Waals surface area (Å²) in [5, 5.41) is 7.62. The van der Waals surface area contributed by atoms with Crippen LogP contribution in [0.3, 0.4) is 0 Å². The van der Waals surface area contributed by atoms with Crippen molar-refractivity contribution in [1.29, 1.82) is 0 Å². The molecule has 0 saturated heterocycles. The molecule has 0 bridgehead atoms. The Morgan fingerprint density at radius 3 is 2.55 bits per heavy atom. The number of rotatable bonds is 8. The summed E-state index contributed by atoms with van der Waals surface area (Å²) in [6.45, 7) is 4.56. The van der Waals surface area contributed by atoms with Crippen LogP contribution in [0.4, 0.5) is 10.2 Å². The van der Waals surface area contributed by atoms with E-state index in [2.05, 4.69) is 11.4 Å². The molecule has 1 aliphatic rings. The fourth-order valence-corrected chi connectivity index (χ4v) is 6.13. The van der Waals surface area contributed by atoms with Crippen LogP contribution in [0.2, 0.25) is 0 Å². The highest BCUT2D eigenvalue weighted by Crippen LogP contribution is 2.48. The van der Waals surface area contributed by atoms with Crippen LogP contribution in [0.5, 0.6) is 0 Å². The topological polar surface area (TPSA) is 76.5 Å². The molecule has 4 aromatic rings. The summed E-state index contributed by atoms with van der Waals surface area (Å²) in [5.41, 5.74) is 6.14. The number of ether oxygens (including phenoxy) is 1. The zero-order valence-corrected chi connectivity index (χ0v) is 23.5. The van der Waals surface area contributed by atoms with Gasteiger partial charge in [0.1, 0.15) is 18.2 Å². The Balaban J connectivity index is 1.77. The van der Waals surface area contributed by atoms with Gasteiger partial charge < -0.3 is 10.1 Å². The number of methoxy groups -OCH3 is 1. The highest BCUT2D eigenvalue weighted by atomic mass is 32.2. The predicted molar refractivity (Wildman–Crippen MR) is 156 cm³/mol. The molecule has 0 aliphatic carbocycles. The van der Waals surface area contributed by atoms with Crippen molar-refractivity contribution < 1.29 is 18.7 Å². The molecule has 1 aliphatic heterocycles. The molecule has 40 heavy (non-hydrogen) atoms. The molecule has 7 nitrogen and oxygen atoms in total. The zero-order valence-electron chi connectivity index (χ0n) is 22.7. The second-order valence-electron chi connectivity index (χ2n) is 9.72. The molecule has 2 amide bonds. The van der Waals surface area contributed by atoms with Crippen LogP contribution >= 0.6 is 11.8 Å². The third kappa shape index (κ3) is 5.66. The molecule has 1 aromatic heterocycles. The van der Waals surface area contributed by atoms with Crippen molar-refractivity contribution in [2.75, 3.05) is 37.5 Å². The summed E-state index contributed by atoms with van der Waals surface area (Å²) in [6.07, 6.45) is 0. The van der Waals surface area contributed by atoms with Gasteiger partial charge in [-0.15, -0.1) is 11.8 Å². The first-order valence-electron chi connectivity index (χ1n) is 13.1. The summed E-state index contributed by atoms with van der Waals surface area (Å²) in [7, 11) is 1.57. The Morgan fingerprint density at radius 2 is 1.85 bits per heavy atom. The van der Waals surface area contributed by atoms with Gasteiger partial charge >= 0.3 is 0 Å². The van der Waals surface area contributed by atoms with Crippen molar-refractivity contribution in [2.24, 2.45) is 0 Å². The fraction of sp³-hybridized carbons (Fsp3) is 0.258. The number of hydrogen-bond acceptors (Lipinski definition) is 5. The first kappa shape index (κ1) is 27.6. The lowest BCUT2D eigenvalue weighted by Gasteiger charge is -2.24. The number of thioether (sulfide) groups is 1. The van der Waals surface area contributed by atoms with E-state index >= 15 is 0 Å². The summed E-state index contributed by atoms with van der Waals surface area (Å²) in [6, 6.07) is 22.2. The number of aryl methyl sites for hydroxylation is 2. The fourth-order valence-electron chi connectivity index (χ4n) is 4.93. The minimum Gasteiger partial charge on any atom is -0.383 e. The van der Waals surface area contributed by atoms with Crippen LogP contribution < -0.4 is 10.2 Å². The highest BCUT2D eigenvalue weighted by Gasteiger charge is 2.37. The molecule has 5 rings (SSSR count). The predicted octanol–water partition coefficient (Wildman–Crippen LogP) is 5.23. The van der Waals surface area contributed by atoms with E-state index in [1.165, 1.54) is 28.8 Å². The first-order chi connectivity index (χ1) is 19.4. The Hall–Kier alpha value is -3.95. The number of carbonyl (C=O) groups is 2. The number of hydrogen-bond donors (Lipinski definition) is 1. The quantitative estimate of drug-likeness (QED) is 0.300. The van der Waals surface area contributed by atoms with Gasteiger partial charge in [-0.25, -0.2) is 9.07 Å². The molecule has 0 fully saturated rings. The number of carbonyl (C=O) groups excluding carboxylic acids is 2. The molecule has 0 radical (unpaired) electrons. The van der Waals surface area contributed by atoms with Gasteiger partial charge in [0, 0.05) is 24.8 Å².